The lowest BCUT2D eigenvalue weighted by atomic mass is 10.1. The van der Waals surface area contributed by atoms with Crippen molar-refractivity contribution in [1.29, 1.82) is 0 Å². The van der Waals surface area contributed by atoms with Crippen LogP contribution in [0, 0.1) is 0 Å². The van der Waals surface area contributed by atoms with Gasteiger partial charge in [0, 0.05) is 5.56 Å². The van der Waals surface area contributed by atoms with Gasteiger partial charge in [0.15, 0.2) is 5.78 Å². The van der Waals surface area contributed by atoms with E-state index in [0.29, 0.717) is 6.42 Å². The second-order valence-electron chi connectivity index (χ2n) is 6.47. The van der Waals surface area contributed by atoms with Gasteiger partial charge in [-0.3, -0.25) is 9.28 Å². The Bertz CT molecular complexity index is 481. The maximum absolute atomic E-state index is 12.3. The largest absolute Gasteiger partial charge is 0.294 e. The minimum Gasteiger partial charge on any atom is -0.294 e. The van der Waals surface area contributed by atoms with Crippen LogP contribution in [0.2, 0.25) is 0 Å². The Kier molecular flexibility index (Phi) is 2.89. The van der Waals surface area contributed by atoms with E-state index in [1.807, 2.05) is 30.3 Å². The van der Waals surface area contributed by atoms with E-state index in [0.717, 1.165) is 56.6 Å². The third-order valence-electron chi connectivity index (χ3n) is 4.61. The second-order valence-corrected chi connectivity index (χ2v) is 6.47. The summed E-state index contributed by atoms with van der Waals surface area (Å²) in [6.07, 6.45) is 0.652. The maximum atomic E-state index is 12.3. The van der Waals surface area contributed by atoms with Gasteiger partial charge in [0.1, 0.15) is 20.0 Å². The molecule has 0 aromatic heterocycles. The Morgan fingerprint density at radius 1 is 0.950 bits per heavy atom. The van der Waals surface area contributed by atoms with Crippen LogP contribution >= 0.6 is 0 Å². The highest BCUT2D eigenvalue weighted by atomic mass is 16.1. The Labute approximate surface area is 119 Å². The summed E-state index contributed by atoms with van der Waals surface area (Å²) in [7, 11) is 0. The first kappa shape index (κ1) is 12.5. The number of hydrogen-bond acceptors (Lipinski definition) is 4. The molecular weight excluding hydrogens is 252 g/mol. The highest BCUT2D eigenvalue weighted by Gasteiger charge is 2.48. The number of rotatable bonds is 4. The number of carbonyl (C=O) groups is 1. The van der Waals surface area contributed by atoms with Gasteiger partial charge in [-0.1, -0.05) is 30.3 Å². The van der Waals surface area contributed by atoms with Crippen LogP contribution in [0.4, 0.5) is 0 Å². The quantitative estimate of drug-likeness (QED) is 0.598. The molecule has 4 fully saturated rings. The fraction of sp³-hybridized carbons (Fsp3) is 0.533. The molecule has 106 valence electrons. The molecule has 20 heavy (non-hydrogen) atoms. The van der Waals surface area contributed by atoms with Crippen molar-refractivity contribution in [3.05, 3.63) is 35.9 Å². The number of Topliss-reactive ketones (excluding diaryl/α,β-unsaturated/α-hetero) is 1. The maximum Gasteiger partial charge on any atom is 0.168 e. The lowest BCUT2D eigenvalue weighted by Gasteiger charge is -2.60. The van der Waals surface area contributed by atoms with E-state index in [9.17, 15) is 4.79 Å². The van der Waals surface area contributed by atoms with E-state index < -0.39 is 0 Å². The zero-order valence-electron chi connectivity index (χ0n) is 11.7. The Morgan fingerprint density at radius 3 is 2.05 bits per heavy atom. The van der Waals surface area contributed by atoms with E-state index in [1.54, 1.807) is 0 Å². The molecule has 4 saturated heterocycles. The summed E-state index contributed by atoms with van der Waals surface area (Å²) in [5, 5.41) is 0. The predicted molar refractivity (Wildman–Crippen MR) is 75.2 cm³/mol. The predicted octanol–water partition coefficient (Wildman–Crippen LogP) is 0.768. The average molecular weight is 273 g/mol. The van der Waals surface area contributed by atoms with E-state index in [1.165, 1.54) is 0 Å². The van der Waals surface area contributed by atoms with Crippen LogP contribution in [0.5, 0.6) is 0 Å². The molecule has 0 N–H and O–H groups in total. The van der Waals surface area contributed by atoms with Crippen molar-refractivity contribution in [2.75, 3.05) is 46.6 Å². The van der Waals surface area contributed by atoms with E-state index in [2.05, 4.69) is 14.7 Å². The minimum atomic E-state index is 0.277. The third-order valence-corrected chi connectivity index (χ3v) is 4.61. The molecule has 0 amide bonds. The zero-order valence-corrected chi connectivity index (χ0v) is 11.7. The third kappa shape index (κ3) is 2.16. The van der Waals surface area contributed by atoms with Crippen molar-refractivity contribution < 1.29 is 9.28 Å². The summed E-state index contributed by atoms with van der Waals surface area (Å²) in [5.74, 6) is 0.277. The summed E-state index contributed by atoms with van der Waals surface area (Å²) < 4.78 is 1.04. The van der Waals surface area contributed by atoms with E-state index in [4.69, 9.17) is 0 Å². The van der Waals surface area contributed by atoms with Crippen LogP contribution < -0.4 is 0 Å². The molecule has 0 saturated carbocycles. The Hall–Kier alpha value is -1.27. The van der Waals surface area contributed by atoms with Crippen molar-refractivity contribution >= 4 is 5.78 Å². The average Bonchev–Trinajstić information content (AvgIpc) is 2.44. The number of benzene rings is 1. The van der Waals surface area contributed by atoms with Crippen molar-refractivity contribution in [1.82, 2.24) is 14.7 Å². The first-order valence-electron chi connectivity index (χ1n) is 7.33. The molecule has 0 aliphatic carbocycles. The number of quaternary nitrogens is 1. The summed E-state index contributed by atoms with van der Waals surface area (Å²) in [5.41, 5.74) is 0.849. The van der Waals surface area contributed by atoms with Crippen LogP contribution in [-0.2, 0) is 0 Å². The molecule has 4 aliphatic rings. The summed E-state index contributed by atoms with van der Waals surface area (Å²) >= 11 is 0. The summed E-state index contributed by atoms with van der Waals surface area (Å²) in [6.45, 7) is 7.58. The second kappa shape index (κ2) is 4.63. The topological polar surface area (TPSA) is 26.8 Å². The minimum absolute atomic E-state index is 0.277. The highest BCUT2D eigenvalue weighted by Crippen LogP contribution is 2.28. The summed E-state index contributed by atoms with van der Waals surface area (Å²) in [6, 6.07) is 9.68. The fourth-order valence-electron chi connectivity index (χ4n) is 3.98. The van der Waals surface area contributed by atoms with Gasteiger partial charge >= 0.3 is 0 Å². The molecule has 5 nitrogen and oxygen atoms in total. The van der Waals surface area contributed by atoms with Gasteiger partial charge in [-0.15, -0.1) is 0 Å². The van der Waals surface area contributed by atoms with E-state index in [-0.39, 0.29) is 5.78 Å². The van der Waals surface area contributed by atoms with Crippen molar-refractivity contribution in [3.8, 4) is 0 Å². The van der Waals surface area contributed by atoms with Crippen LogP contribution in [0.15, 0.2) is 30.3 Å². The van der Waals surface area contributed by atoms with Gasteiger partial charge in [-0.05, 0) is 0 Å². The van der Waals surface area contributed by atoms with Crippen LogP contribution in [-0.4, -0.2) is 71.5 Å². The Balaban J connectivity index is 1.43. The van der Waals surface area contributed by atoms with Crippen LogP contribution in [0.25, 0.3) is 0 Å². The van der Waals surface area contributed by atoms with Gasteiger partial charge < -0.3 is 0 Å². The van der Waals surface area contributed by atoms with Crippen molar-refractivity contribution in [2.24, 2.45) is 0 Å². The smallest absolute Gasteiger partial charge is 0.168 e. The lowest BCUT2D eigenvalue weighted by Crippen LogP contribution is -2.79. The molecule has 1 aromatic rings. The Morgan fingerprint density at radius 2 is 1.50 bits per heavy atom. The molecule has 5 rings (SSSR count). The summed E-state index contributed by atoms with van der Waals surface area (Å²) in [4.78, 5) is 19.8. The van der Waals surface area contributed by atoms with Gasteiger partial charge in [0.05, 0.1) is 33.0 Å². The molecule has 5 heteroatoms. The number of nitrogens with zero attached hydrogens (tertiary/aromatic N) is 4. The molecule has 4 aliphatic heterocycles. The molecule has 0 spiro atoms. The molecule has 0 unspecified atom stereocenters. The molecule has 4 heterocycles. The van der Waals surface area contributed by atoms with Gasteiger partial charge in [0.25, 0.3) is 0 Å². The number of ketones is 1. The fourth-order valence-corrected chi connectivity index (χ4v) is 3.98. The first-order chi connectivity index (χ1) is 9.72. The van der Waals surface area contributed by atoms with Crippen molar-refractivity contribution in [2.45, 2.75) is 6.42 Å². The molecule has 0 atom stereocenters. The molecular formula is C15H21N4O+. The normalized spacial score (nSPS) is 38.1. The van der Waals surface area contributed by atoms with Crippen LogP contribution in [0.1, 0.15) is 16.8 Å². The van der Waals surface area contributed by atoms with Gasteiger partial charge in [0.2, 0.25) is 0 Å². The SMILES string of the molecule is O=C(CC[N+]12CN3CN(CN(C3)C1)C2)c1ccccc1. The van der Waals surface area contributed by atoms with Gasteiger partial charge in [-0.2, -0.15) is 0 Å². The zero-order chi connectivity index (χ0) is 13.6. The molecule has 4 bridgehead atoms. The van der Waals surface area contributed by atoms with E-state index >= 15 is 0 Å². The highest BCUT2D eigenvalue weighted by molar-refractivity contribution is 5.96. The first-order valence-corrected chi connectivity index (χ1v) is 7.33. The molecule has 0 radical (unpaired) electrons. The lowest BCUT2D eigenvalue weighted by molar-refractivity contribution is -0.979. The number of carbonyl (C=O) groups excluding carboxylic acids is 1. The molecule has 1 aromatic carbocycles. The van der Waals surface area contributed by atoms with Gasteiger partial charge in [-0.25, -0.2) is 14.7 Å². The number of hydrogen-bond donors (Lipinski definition) is 0. The van der Waals surface area contributed by atoms with Crippen molar-refractivity contribution in [3.63, 3.8) is 0 Å². The standard InChI is InChI=1S/C15H21N4O/c20-15(14-4-2-1-3-5-14)6-7-19-11-16-8-17(12-19)10-18(9-16)13-19/h1-5H,6-13H2/q+1. The van der Waals surface area contributed by atoms with Crippen LogP contribution in [0.3, 0.4) is 0 Å². The monoisotopic (exact) mass is 273 g/mol.